The quantitative estimate of drug-likeness (QED) is 0.875. The van der Waals surface area contributed by atoms with E-state index in [4.69, 9.17) is 15.2 Å². The third kappa shape index (κ3) is 4.70. The smallest absolute Gasteiger partial charge is 0.119 e. The lowest BCUT2D eigenvalue weighted by molar-refractivity contribution is -0.0564. The molecule has 0 saturated carbocycles. The summed E-state index contributed by atoms with van der Waals surface area (Å²) in [6, 6.07) is 8.76. The molecule has 21 heavy (non-hydrogen) atoms. The molecule has 0 aromatic heterocycles. The van der Waals surface area contributed by atoms with Gasteiger partial charge in [0.1, 0.15) is 18.5 Å². The van der Waals surface area contributed by atoms with Gasteiger partial charge in [-0.2, -0.15) is 0 Å². The Balaban J connectivity index is 1.82. The van der Waals surface area contributed by atoms with E-state index in [9.17, 15) is 0 Å². The summed E-state index contributed by atoms with van der Waals surface area (Å²) in [6.45, 7) is 9.88. The molecule has 0 aliphatic carbocycles. The van der Waals surface area contributed by atoms with Crippen molar-refractivity contribution in [1.29, 1.82) is 0 Å². The summed E-state index contributed by atoms with van der Waals surface area (Å²) in [5.41, 5.74) is 7.17. The number of hydrogen-bond acceptors (Lipinski definition) is 4. The van der Waals surface area contributed by atoms with Crippen LogP contribution in [0, 0.1) is 0 Å². The lowest BCUT2D eigenvalue weighted by Gasteiger charge is -2.35. The van der Waals surface area contributed by atoms with Crippen molar-refractivity contribution in [3.8, 4) is 5.75 Å². The Kier molecular flexibility index (Phi) is 6.03. The van der Waals surface area contributed by atoms with Crippen LogP contribution in [0.2, 0.25) is 0 Å². The Morgan fingerprint density at radius 1 is 1.33 bits per heavy atom. The first-order valence-corrected chi connectivity index (χ1v) is 7.94. The molecule has 0 amide bonds. The predicted octanol–water partition coefficient (Wildman–Crippen LogP) is 2.58. The van der Waals surface area contributed by atoms with Crippen LogP contribution in [0.25, 0.3) is 0 Å². The molecule has 118 valence electrons. The highest BCUT2D eigenvalue weighted by molar-refractivity contribution is 5.29. The molecule has 1 saturated heterocycles. The van der Waals surface area contributed by atoms with Crippen molar-refractivity contribution in [2.45, 2.75) is 45.4 Å². The number of hydrogen-bond donors (Lipinski definition) is 1. The first kappa shape index (κ1) is 16.3. The van der Waals surface area contributed by atoms with Crippen molar-refractivity contribution >= 4 is 0 Å². The third-order valence-corrected chi connectivity index (χ3v) is 4.08. The average molecular weight is 292 g/mol. The van der Waals surface area contributed by atoms with Crippen LogP contribution in [0.1, 0.15) is 38.8 Å². The second-order valence-corrected chi connectivity index (χ2v) is 5.98. The number of ether oxygens (including phenoxy) is 2. The van der Waals surface area contributed by atoms with E-state index >= 15 is 0 Å². The molecule has 1 aliphatic rings. The Hall–Kier alpha value is -1.10. The van der Waals surface area contributed by atoms with Gasteiger partial charge in [-0.3, -0.25) is 4.90 Å². The van der Waals surface area contributed by atoms with Crippen LogP contribution in [0.4, 0.5) is 0 Å². The molecule has 4 nitrogen and oxygen atoms in total. The molecule has 0 radical (unpaired) electrons. The van der Waals surface area contributed by atoms with Crippen LogP contribution in [0.15, 0.2) is 24.3 Å². The van der Waals surface area contributed by atoms with Crippen LogP contribution in [-0.2, 0) is 4.74 Å². The Morgan fingerprint density at radius 3 is 2.67 bits per heavy atom. The lowest BCUT2D eigenvalue weighted by atomic mass is 10.1. The zero-order chi connectivity index (χ0) is 15.2. The minimum absolute atomic E-state index is 0.111. The van der Waals surface area contributed by atoms with Crippen molar-refractivity contribution in [3.05, 3.63) is 29.8 Å². The zero-order valence-electron chi connectivity index (χ0n) is 13.4. The van der Waals surface area contributed by atoms with Crippen molar-refractivity contribution in [1.82, 2.24) is 4.90 Å². The SMILES string of the molecule is CC[C@@H](N)c1ccc(OCC2CN(C(C)C)CCO2)cc1. The molecule has 1 aromatic carbocycles. The Labute approximate surface area is 128 Å². The fourth-order valence-corrected chi connectivity index (χ4v) is 2.55. The number of nitrogens with zero attached hydrogens (tertiary/aromatic N) is 1. The molecule has 2 N–H and O–H groups in total. The minimum Gasteiger partial charge on any atom is -0.491 e. The number of rotatable bonds is 6. The van der Waals surface area contributed by atoms with Gasteiger partial charge in [-0.15, -0.1) is 0 Å². The highest BCUT2D eigenvalue weighted by Crippen LogP contribution is 2.19. The molecular weight excluding hydrogens is 264 g/mol. The summed E-state index contributed by atoms with van der Waals surface area (Å²) < 4.78 is 11.6. The highest BCUT2D eigenvalue weighted by atomic mass is 16.5. The summed E-state index contributed by atoms with van der Waals surface area (Å²) in [7, 11) is 0. The van der Waals surface area contributed by atoms with Gasteiger partial charge in [0.25, 0.3) is 0 Å². The van der Waals surface area contributed by atoms with E-state index in [1.807, 2.05) is 24.3 Å². The van der Waals surface area contributed by atoms with Gasteiger partial charge >= 0.3 is 0 Å². The van der Waals surface area contributed by atoms with Crippen LogP contribution in [0.3, 0.4) is 0 Å². The van der Waals surface area contributed by atoms with E-state index in [0.717, 1.165) is 37.4 Å². The van der Waals surface area contributed by atoms with Crippen molar-refractivity contribution in [2.75, 3.05) is 26.3 Å². The van der Waals surface area contributed by atoms with E-state index in [1.54, 1.807) is 0 Å². The normalized spacial score (nSPS) is 21.5. The topological polar surface area (TPSA) is 47.7 Å². The van der Waals surface area contributed by atoms with Gasteiger partial charge in [0.2, 0.25) is 0 Å². The summed E-state index contributed by atoms with van der Waals surface area (Å²) in [6.07, 6.45) is 1.10. The number of benzene rings is 1. The van der Waals surface area contributed by atoms with Crippen LogP contribution in [0.5, 0.6) is 5.75 Å². The van der Waals surface area contributed by atoms with Gasteiger partial charge in [0.15, 0.2) is 0 Å². The monoisotopic (exact) mass is 292 g/mol. The standard InChI is InChI=1S/C17H28N2O2/c1-4-17(18)14-5-7-15(8-6-14)21-12-16-11-19(13(2)3)9-10-20-16/h5-8,13,16-17H,4,9-12,18H2,1-3H3/t16?,17-/m1/s1. The maximum Gasteiger partial charge on any atom is 0.119 e. The fraction of sp³-hybridized carbons (Fsp3) is 0.647. The summed E-state index contributed by atoms with van der Waals surface area (Å²) in [5.74, 6) is 0.882. The molecule has 2 rings (SSSR count). The molecule has 1 unspecified atom stereocenters. The Bertz CT molecular complexity index is 419. The molecule has 2 atom stereocenters. The molecular formula is C17H28N2O2. The molecule has 4 heteroatoms. The lowest BCUT2D eigenvalue weighted by Crippen LogP contribution is -2.47. The van der Waals surface area contributed by atoms with Gasteiger partial charge in [-0.05, 0) is 38.0 Å². The maximum absolute atomic E-state index is 6.01. The molecule has 1 aromatic rings. The minimum atomic E-state index is 0.111. The maximum atomic E-state index is 6.01. The van der Waals surface area contributed by atoms with Crippen molar-refractivity contribution in [3.63, 3.8) is 0 Å². The highest BCUT2D eigenvalue weighted by Gasteiger charge is 2.22. The molecule has 1 fully saturated rings. The second-order valence-electron chi connectivity index (χ2n) is 5.98. The predicted molar refractivity (Wildman–Crippen MR) is 85.6 cm³/mol. The van der Waals surface area contributed by atoms with E-state index in [2.05, 4.69) is 25.7 Å². The number of nitrogens with two attached hydrogens (primary N) is 1. The Morgan fingerprint density at radius 2 is 2.05 bits per heavy atom. The zero-order valence-corrected chi connectivity index (χ0v) is 13.4. The van der Waals surface area contributed by atoms with Crippen LogP contribution < -0.4 is 10.5 Å². The summed E-state index contributed by atoms with van der Waals surface area (Å²) in [4.78, 5) is 2.43. The van der Waals surface area contributed by atoms with Gasteiger partial charge in [0, 0.05) is 25.2 Å². The van der Waals surface area contributed by atoms with E-state index in [1.165, 1.54) is 0 Å². The van der Waals surface area contributed by atoms with Gasteiger partial charge in [0.05, 0.1) is 6.61 Å². The van der Waals surface area contributed by atoms with Crippen LogP contribution >= 0.6 is 0 Å². The summed E-state index contributed by atoms with van der Waals surface area (Å²) in [5, 5.41) is 0. The molecule has 0 spiro atoms. The van der Waals surface area contributed by atoms with E-state index in [-0.39, 0.29) is 12.1 Å². The second kappa shape index (κ2) is 7.78. The van der Waals surface area contributed by atoms with E-state index in [0.29, 0.717) is 12.6 Å². The van der Waals surface area contributed by atoms with Gasteiger partial charge in [-0.1, -0.05) is 19.1 Å². The van der Waals surface area contributed by atoms with Gasteiger partial charge < -0.3 is 15.2 Å². The first-order valence-electron chi connectivity index (χ1n) is 7.94. The van der Waals surface area contributed by atoms with Crippen molar-refractivity contribution < 1.29 is 9.47 Å². The molecule has 1 heterocycles. The average Bonchev–Trinajstić information content (AvgIpc) is 2.53. The number of morpholine rings is 1. The van der Waals surface area contributed by atoms with Crippen molar-refractivity contribution in [2.24, 2.45) is 5.73 Å². The molecule has 1 aliphatic heterocycles. The van der Waals surface area contributed by atoms with Crippen LogP contribution in [-0.4, -0.2) is 43.3 Å². The third-order valence-electron chi connectivity index (χ3n) is 4.08. The summed E-state index contributed by atoms with van der Waals surface area (Å²) >= 11 is 0. The van der Waals surface area contributed by atoms with E-state index < -0.39 is 0 Å². The first-order chi connectivity index (χ1) is 10.1. The largest absolute Gasteiger partial charge is 0.491 e. The fourth-order valence-electron chi connectivity index (χ4n) is 2.55. The van der Waals surface area contributed by atoms with Gasteiger partial charge in [-0.25, -0.2) is 0 Å². The molecule has 0 bridgehead atoms.